The Bertz CT molecular complexity index is 391. The smallest absolute Gasteiger partial charge is 0.213 e. The molecule has 1 atom stereocenters. The van der Waals surface area contributed by atoms with Crippen molar-refractivity contribution >= 4 is 23.0 Å². The van der Waals surface area contributed by atoms with Crippen LogP contribution in [0.15, 0.2) is 18.3 Å². The Labute approximate surface area is 112 Å². The molecule has 1 saturated heterocycles. The third-order valence-electron chi connectivity index (χ3n) is 2.72. The Morgan fingerprint density at radius 3 is 3.11 bits per heavy atom. The average Bonchev–Trinajstić information content (AvgIpc) is 2.90. The molecule has 0 saturated carbocycles. The van der Waals surface area contributed by atoms with E-state index in [9.17, 15) is 0 Å². The van der Waals surface area contributed by atoms with Gasteiger partial charge in [-0.05, 0) is 31.1 Å². The van der Waals surface area contributed by atoms with Gasteiger partial charge in [-0.25, -0.2) is 4.98 Å². The molecule has 1 fully saturated rings. The van der Waals surface area contributed by atoms with Crippen molar-refractivity contribution in [1.82, 2.24) is 10.3 Å². The van der Waals surface area contributed by atoms with Gasteiger partial charge in [0.1, 0.15) is 0 Å². The Kier molecular flexibility index (Phi) is 4.72. The van der Waals surface area contributed by atoms with Crippen LogP contribution in [0.3, 0.4) is 0 Å². The van der Waals surface area contributed by atoms with Crippen molar-refractivity contribution in [2.45, 2.75) is 18.9 Å². The van der Waals surface area contributed by atoms with Gasteiger partial charge in [0, 0.05) is 19.2 Å². The maximum atomic E-state index is 5.51. The number of hydrogen-bond acceptors (Lipinski definition) is 4. The quantitative estimate of drug-likeness (QED) is 0.807. The normalized spacial score (nSPS) is 18.4. The standard InChI is InChI=1S/C12H17N3O2S/c1-16-11-5-4-9(7-13-11)15-12(18)14-8-10-3-2-6-17-10/h4-5,7,10H,2-3,6,8H2,1H3,(H2,14,15,18). The lowest BCUT2D eigenvalue weighted by Crippen LogP contribution is -2.34. The third-order valence-corrected chi connectivity index (χ3v) is 2.96. The zero-order chi connectivity index (χ0) is 12.8. The number of pyridine rings is 1. The second kappa shape index (κ2) is 6.51. The molecule has 0 bridgehead atoms. The van der Waals surface area contributed by atoms with Crippen molar-refractivity contribution in [3.63, 3.8) is 0 Å². The summed E-state index contributed by atoms with van der Waals surface area (Å²) < 4.78 is 10.5. The number of hydrogen-bond donors (Lipinski definition) is 2. The van der Waals surface area contributed by atoms with Gasteiger partial charge in [0.2, 0.25) is 5.88 Å². The Morgan fingerprint density at radius 1 is 1.61 bits per heavy atom. The van der Waals surface area contributed by atoms with Crippen molar-refractivity contribution in [3.05, 3.63) is 18.3 Å². The molecule has 0 spiro atoms. The highest BCUT2D eigenvalue weighted by Crippen LogP contribution is 2.12. The molecule has 18 heavy (non-hydrogen) atoms. The van der Waals surface area contributed by atoms with E-state index in [1.165, 1.54) is 0 Å². The summed E-state index contributed by atoms with van der Waals surface area (Å²) in [5.74, 6) is 0.582. The number of thiocarbonyl (C=S) groups is 1. The van der Waals surface area contributed by atoms with Crippen LogP contribution in [0, 0.1) is 0 Å². The Morgan fingerprint density at radius 2 is 2.50 bits per heavy atom. The number of methoxy groups -OCH3 is 1. The highest BCUT2D eigenvalue weighted by atomic mass is 32.1. The molecule has 1 aliphatic heterocycles. The molecule has 1 aromatic rings. The molecule has 2 rings (SSSR count). The summed E-state index contributed by atoms with van der Waals surface area (Å²) in [5, 5.41) is 6.78. The van der Waals surface area contributed by atoms with Crippen molar-refractivity contribution in [1.29, 1.82) is 0 Å². The fourth-order valence-corrected chi connectivity index (χ4v) is 1.96. The largest absolute Gasteiger partial charge is 0.481 e. The molecule has 1 unspecified atom stereocenters. The SMILES string of the molecule is COc1ccc(NC(=S)NCC2CCCO2)cn1. The lowest BCUT2D eigenvalue weighted by atomic mass is 10.2. The predicted molar refractivity (Wildman–Crippen MR) is 74.0 cm³/mol. The number of aromatic nitrogens is 1. The number of nitrogens with zero attached hydrogens (tertiary/aromatic N) is 1. The van der Waals surface area contributed by atoms with Gasteiger partial charge >= 0.3 is 0 Å². The first kappa shape index (κ1) is 13.0. The summed E-state index contributed by atoms with van der Waals surface area (Å²) >= 11 is 5.20. The fraction of sp³-hybridized carbons (Fsp3) is 0.500. The van der Waals surface area contributed by atoms with Crippen molar-refractivity contribution in [2.75, 3.05) is 25.6 Å². The maximum Gasteiger partial charge on any atom is 0.213 e. The van der Waals surface area contributed by atoms with Gasteiger partial charge in [0.25, 0.3) is 0 Å². The van der Waals surface area contributed by atoms with E-state index in [1.54, 1.807) is 19.4 Å². The van der Waals surface area contributed by atoms with E-state index in [1.807, 2.05) is 6.07 Å². The monoisotopic (exact) mass is 267 g/mol. The minimum Gasteiger partial charge on any atom is -0.481 e. The molecule has 2 heterocycles. The second-order valence-electron chi connectivity index (χ2n) is 4.06. The molecular weight excluding hydrogens is 250 g/mol. The van der Waals surface area contributed by atoms with Gasteiger partial charge < -0.3 is 20.1 Å². The van der Waals surface area contributed by atoms with E-state index in [-0.39, 0.29) is 6.10 Å². The average molecular weight is 267 g/mol. The lowest BCUT2D eigenvalue weighted by Gasteiger charge is -2.13. The van der Waals surface area contributed by atoms with E-state index in [4.69, 9.17) is 21.7 Å². The molecule has 0 aliphatic carbocycles. The van der Waals surface area contributed by atoms with Crippen molar-refractivity contribution in [2.24, 2.45) is 0 Å². The summed E-state index contributed by atoms with van der Waals surface area (Å²) in [5.41, 5.74) is 0.834. The molecule has 98 valence electrons. The summed E-state index contributed by atoms with van der Waals surface area (Å²) in [6.07, 6.45) is 4.19. The van der Waals surface area contributed by atoms with Gasteiger partial charge in [-0.15, -0.1) is 0 Å². The molecule has 0 amide bonds. The molecule has 6 heteroatoms. The lowest BCUT2D eigenvalue weighted by molar-refractivity contribution is 0.114. The van der Waals surface area contributed by atoms with Crippen LogP contribution >= 0.6 is 12.2 Å². The van der Waals surface area contributed by atoms with E-state index < -0.39 is 0 Å². The maximum absolute atomic E-state index is 5.51. The van der Waals surface area contributed by atoms with Gasteiger partial charge in [-0.1, -0.05) is 0 Å². The van der Waals surface area contributed by atoms with E-state index in [0.717, 1.165) is 31.7 Å². The summed E-state index contributed by atoms with van der Waals surface area (Å²) in [6, 6.07) is 3.65. The molecule has 0 aromatic carbocycles. The molecule has 1 aromatic heterocycles. The molecule has 0 radical (unpaired) electrons. The van der Waals surface area contributed by atoms with Crippen molar-refractivity contribution in [3.8, 4) is 5.88 Å². The van der Waals surface area contributed by atoms with Crippen LogP contribution in [0.2, 0.25) is 0 Å². The van der Waals surface area contributed by atoms with Crippen LogP contribution < -0.4 is 15.4 Å². The van der Waals surface area contributed by atoms with Crippen LogP contribution in [-0.4, -0.2) is 36.5 Å². The third kappa shape index (κ3) is 3.82. The topological polar surface area (TPSA) is 55.4 Å². The summed E-state index contributed by atoms with van der Waals surface area (Å²) in [4.78, 5) is 4.09. The highest BCUT2D eigenvalue weighted by molar-refractivity contribution is 7.80. The Hall–Kier alpha value is -1.40. The first-order valence-corrected chi connectivity index (χ1v) is 6.35. The predicted octanol–water partition coefficient (Wildman–Crippen LogP) is 1.56. The van der Waals surface area contributed by atoms with Crippen LogP contribution in [0.4, 0.5) is 5.69 Å². The summed E-state index contributed by atoms with van der Waals surface area (Å²) in [6.45, 7) is 1.60. The van der Waals surface area contributed by atoms with Gasteiger partial charge in [-0.3, -0.25) is 0 Å². The number of anilines is 1. The van der Waals surface area contributed by atoms with E-state index in [0.29, 0.717) is 11.0 Å². The van der Waals surface area contributed by atoms with Crippen LogP contribution in [0.1, 0.15) is 12.8 Å². The summed E-state index contributed by atoms with van der Waals surface area (Å²) in [7, 11) is 1.59. The second-order valence-corrected chi connectivity index (χ2v) is 4.47. The fourth-order valence-electron chi connectivity index (χ4n) is 1.76. The molecular formula is C12H17N3O2S. The Balaban J connectivity index is 1.75. The number of ether oxygens (including phenoxy) is 2. The van der Waals surface area contributed by atoms with Crippen LogP contribution in [0.25, 0.3) is 0 Å². The highest BCUT2D eigenvalue weighted by Gasteiger charge is 2.15. The first-order valence-electron chi connectivity index (χ1n) is 5.94. The zero-order valence-corrected chi connectivity index (χ0v) is 11.1. The molecule has 2 N–H and O–H groups in total. The number of nitrogens with one attached hydrogen (secondary N) is 2. The minimum atomic E-state index is 0.277. The van der Waals surface area contributed by atoms with Crippen LogP contribution in [-0.2, 0) is 4.74 Å². The van der Waals surface area contributed by atoms with Crippen molar-refractivity contribution < 1.29 is 9.47 Å². The molecule has 1 aliphatic rings. The van der Waals surface area contributed by atoms with E-state index >= 15 is 0 Å². The van der Waals surface area contributed by atoms with Gasteiger partial charge in [0.15, 0.2) is 5.11 Å². The van der Waals surface area contributed by atoms with Gasteiger partial charge in [-0.2, -0.15) is 0 Å². The number of rotatable bonds is 4. The zero-order valence-electron chi connectivity index (χ0n) is 10.3. The van der Waals surface area contributed by atoms with E-state index in [2.05, 4.69) is 15.6 Å². The minimum absolute atomic E-state index is 0.277. The van der Waals surface area contributed by atoms with Gasteiger partial charge in [0.05, 0.1) is 25.1 Å². The molecule has 5 nitrogen and oxygen atoms in total. The van der Waals surface area contributed by atoms with Crippen LogP contribution in [0.5, 0.6) is 5.88 Å². The first-order chi connectivity index (χ1) is 8.78.